The normalized spacial score (nSPS) is 11.0. The van der Waals surface area contributed by atoms with E-state index in [0.29, 0.717) is 16.6 Å². The molecule has 0 spiro atoms. The number of hydrogen-bond acceptors (Lipinski definition) is 3. The lowest BCUT2D eigenvalue weighted by atomic mass is 10.3. The fraction of sp³-hybridized carbons (Fsp3) is 0.143. The molecule has 3 rings (SSSR count). The van der Waals surface area contributed by atoms with Gasteiger partial charge < -0.3 is 4.74 Å². The molecule has 0 unspecified atom stereocenters. The molecule has 0 saturated carbocycles. The number of benzene rings is 1. The maximum Gasteiger partial charge on any atom is 0.164 e. The molecule has 2 aromatic heterocycles. The van der Waals surface area contributed by atoms with Crippen molar-refractivity contribution in [3.63, 3.8) is 0 Å². The van der Waals surface area contributed by atoms with Crippen LogP contribution in [0.5, 0.6) is 5.75 Å². The van der Waals surface area contributed by atoms with Crippen molar-refractivity contribution in [2.45, 2.75) is 5.88 Å². The highest BCUT2D eigenvalue weighted by atomic mass is 79.9. The molecule has 4 nitrogen and oxygen atoms in total. The number of ether oxygens (including phenoxy) is 1. The number of pyridine rings is 1. The third-order valence-corrected chi connectivity index (χ3v) is 4.03. The van der Waals surface area contributed by atoms with E-state index < -0.39 is 0 Å². The summed E-state index contributed by atoms with van der Waals surface area (Å²) in [5.74, 6) is 1.58. The van der Waals surface area contributed by atoms with Gasteiger partial charge >= 0.3 is 0 Å². The summed E-state index contributed by atoms with van der Waals surface area (Å²) in [5, 5.41) is 0.550. The fourth-order valence-electron chi connectivity index (χ4n) is 2.14. The first-order valence-electron chi connectivity index (χ1n) is 6.07. The van der Waals surface area contributed by atoms with Gasteiger partial charge in [-0.25, -0.2) is 9.97 Å². The van der Waals surface area contributed by atoms with Gasteiger partial charge in [0.25, 0.3) is 0 Å². The molecule has 0 aliphatic carbocycles. The van der Waals surface area contributed by atoms with Gasteiger partial charge in [-0.2, -0.15) is 0 Å². The SMILES string of the molecule is COc1cc(-n2c(CCl)nc3cc(Br)cnc32)ccc1Cl. The molecule has 7 heteroatoms. The molecule has 1 aromatic carbocycles. The number of imidazole rings is 1. The number of halogens is 3. The van der Waals surface area contributed by atoms with Crippen LogP contribution in [0.15, 0.2) is 34.9 Å². The first-order valence-corrected chi connectivity index (χ1v) is 7.77. The molecule has 0 aliphatic rings. The van der Waals surface area contributed by atoms with Gasteiger partial charge in [-0.1, -0.05) is 11.6 Å². The highest BCUT2D eigenvalue weighted by Crippen LogP contribution is 2.30. The van der Waals surface area contributed by atoms with Crippen LogP contribution < -0.4 is 4.74 Å². The van der Waals surface area contributed by atoms with Gasteiger partial charge in [0.1, 0.15) is 17.1 Å². The van der Waals surface area contributed by atoms with Gasteiger partial charge in [0.2, 0.25) is 0 Å². The van der Waals surface area contributed by atoms with Crippen molar-refractivity contribution in [1.29, 1.82) is 0 Å². The van der Waals surface area contributed by atoms with E-state index in [9.17, 15) is 0 Å². The quantitative estimate of drug-likeness (QED) is 0.618. The molecule has 0 amide bonds. The van der Waals surface area contributed by atoms with E-state index in [4.69, 9.17) is 27.9 Å². The topological polar surface area (TPSA) is 39.9 Å². The average Bonchev–Trinajstić information content (AvgIpc) is 2.85. The van der Waals surface area contributed by atoms with E-state index in [1.165, 1.54) is 0 Å². The molecule has 3 aromatic rings. The number of rotatable bonds is 3. The van der Waals surface area contributed by atoms with Crippen LogP contribution in [-0.2, 0) is 5.88 Å². The summed E-state index contributed by atoms with van der Waals surface area (Å²) in [7, 11) is 1.58. The number of fused-ring (bicyclic) bond motifs is 1. The van der Waals surface area contributed by atoms with E-state index in [0.717, 1.165) is 21.3 Å². The van der Waals surface area contributed by atoms with E-state index in [1.807, 2.05) is 22.8 Å². The van der Waals surface area contributed by atoms with Gasteiger partial charge in [0.15, 0.2) is 5.65 Å². The zero-order valence-corrected chi connectivity index (χ0v) is 14.1. The fourth-order valence-corrected chi connectivity index (χ4v) is 2.83. The zero-order chi connectivity index (χ0) is 15.0. The molecule has 0 aliphatic heterocycles. The third-order valence-electron chi connectivity index (χ3n) is 3.05. The van der Waals surface area contributed by atoms with Crippen LogP contribution in [0.25, 0.3) is 16.9 Å². The lowest BCUT2D eigenvalue weighted by Crippen LogP contribution is -2.01. The van der Waals surface area contributed by atoms with Crippen molar-refractivity contribution in [2.75, 3.05) is 7.11 Å². The van der Waals surface area contributed by atoms with Crippen LogP contribution in [0.3, 0.4) is 0 Å². The number of alkyl halides is 1. The van der Waals surface area contributed by atoms with Crippen LogP contribution in [0.1, 0.15) is 5.82 Å². The van der Waals surface area contributed by atoms with Crippen molar-refractivity contribution in [1.82, 2.24) is 14.5 Å². The van der Waals surface area contributed by atoms with Crippen LogP contribution in [0, 0.1) is 0 Å². The van der Waals surface area contributed by atoms with Crippen LogP contribution in [0.4, 0.5) is 0 Å². The molecule has 108 valence electrons. The highest BCUT2D eigenvalue weighted by molar-refractivity contribution is 9.10. The molecular weight excluding hydrogens is 377 g/mol. The molecular formula is C14H10BrCl2N3O. The van der Waals surface area contributed by atoms with Crippen LogP contribution in [-0.4, -0.2) is 21.6 Å². The molecule has 2 heterocycles. The minimum absolute atomic E-state index is 0.277. The number of hydrogen-bond donors (Lipinski definition) is 0. The lowest BCUT2D eigenvalue weighted by molar-refractivity contribution is 0.415. The summed E-state index contributed by atoms with van der Waals surface area (Å²) in [6.07, 6.45) is 1.73. The van der Waals surface area contributed by atoms with Gasteiger partial charge in [0.05, 0.1) is 23.7 Å². The number of methoxy groups -OCH3 is 1. The van der Waals surface area contributed by atoms with Gasteiger partial charge in [-0.3, -0.25) is 4.57 Å². The Morgan fingerprint density at radius 1 is 1.33 bits per heavy atom. The smallest absolute Gasteiger partial charge is 0.164 e. The van der Waals surface area contributed by atoms with E-state index >= 15 is 0 Å². The van der Waals surface area contributed by atoms with Crippen molar-refractivity contribution in [3.8, 4) is 11.4 Å². The summed E-state index contributed by atoms with van der Waals surface area (Å²) < 4.78 is 8.03. The molecule has 0 fully saturated rings. The molecule has 0 saturated heterocycles. The largest absolute Gasteiger partial charge is 0.495 e. The summed E-state index contributed by atoms with van der Waals surface area (Å²) in [6, 6.07) is 7.40. The Bertz CT molecular complexity index is 819. The Morgan fingerprint density at radius 2 is 2.14 bits per heavy atom. The minimum Gasteiger partial charge on any atom is -0.495 e. The Labute approximate surface area is 139 Å². The summed E-state index contributed by atoms with van der Waals surface area (Å²) >= 11 is 15.5. The predicted octanol–water partition coefficient (Wildman–Crippen LogP) is 4.58. The Hall–Kier alpha value is -1.30. The molecule has 0 N–H and O–H groups in total. The maximum absolute atomic E-state index is 6.07. The summed E-state index contributed by atoms with van der Waals surface area (Å²) in [5.41, 5.74) is 2.36. The van der Waals surface area contributed by atoms with E-state index in [-0.39, 0.29) is 5.88 Å². The van der Waals surface area contributed by atoms with E-state index in [2.05, 4.69) is 25.9 Å². The summed E-state index contributed by atoms with van der Waals surface area (Å²) in [4.78, 5) is 8.94. The molecule has 0 bridgehead atoms. The monoisotopic (exact) mass is 385 g/mol. The maximum atomic E-state index is 6.07. The number of nitrogens with zero attached hydrogens (tertiary/aromatic N) is 3. The zero-order valence-electron chi connectivity index (χ0n) is 11.0. The minimum atomic E-state index is 0.277. The third kappa shape index (κ3) is 2.61. The standard InChI is InChI=1S/C14H10BrCl2N3O/c1-21-12-5-9(2-3-10(12)17)20-13(6-16)19-11-4-8(15)7-18-14(11)20/h2-5,7H,6H2,1H3. The second-order valence-electron chi connectivity index (χ2n) is 4.31. The van der Waals surface area contributed by atoms with Crippen molar-refractivity contribution >= 4 is 50.3 Å². The van der Waals surface area contributed by atoms with Crippen molar-refractivity contribution in [2.24, 2.45) is 0 Å². The molecule has 21 heavy (non-hydrogen) atoms. The van der Waals surface area contributed by atoms with Crippen molar-refractivity contribution < 1.29 is 4.74 Å². The first kappa shape index (κ1) is 14.6. The Balaban J connectivity index is 2.28. The first-order chi connectivity index (χ1) is 10.1. The Morgan fingerprint density at radius 3 is 2.86 bits per heavy atom. The van der Waals surface area contributed by atoms with Gasteiger partial charge in [0, 0.05) is 16.7 Å². The van der Waals surface area contributed by atoms with Gasteiger partial charge in [-0.05, 0) is 34.1 Å². The number of aromatic nitrogens is 3. The van der Waals surface area contributed by atoms with E-state index in [1.54, 1.807) is 19.4 Å². The predicted molar refractivity (Wildman–Crippen MR) is 87.7 cm³/mol. The van der Waals surface area contributed by atoms with Crippen LogP contribution in [0.2, 0.25) is 5.02 Å². The lowest BCUT2D eigenvalue weighted by Gasteiger charge is -2.10. The second kappa shape index (κ2) is 5.83. The average molecular weight is 387 g/mol. The molecule has 0 atom stereocenters. The Kier molecular flexibility index (Phi) is 4.06. The van der Waals surface area contributed by atoms with Gasteiger partial charge in [-0.15, -0.1) is 11.6 Å². The molecule has 0 radical (unpaired) electrons. The van der Waals surface area contributed by atoms with Crippen molar-refractivity contribution in [3.05, 3.63) is 45.8 Å². The summed E-state index contributed by atoms with van der Waals surface area (Å²) in [6.45, 7) is 0. The second-order valence-corrected chi connectivity index (χ2v) is 5.90. The highest BCUT2D eigenvalue weighted by Gasteiger charge is 2.14. The van der Waals surface area contributed by atoms with Crippen LogP contribution >= 0.6 is 39.1 Å².